The Morgan fingerprint density at radius 2 is 2.21 bits per heavy atom. The Bertz CT molecular complexity index is 681. The summed E-state index contributed by atoms with van der Waals surface area (Å²) in [7, 11) is 1.79. The quantitative estimate of drug-likeness (QED) is 0.427. The lowest BCUT2D eigenvalue weighted by molar-refractivity contribution is 0.181. The first kappa shape index (κ1) is 18.0. The number of hydrogen-bond acceptors (Lipinski definition) is 3. The Morgan fingerprint density at radius 3 is 2.88 bits per heavy atom. The molecule has 1 fully saturated rings. The first-order valence-electron chi connectivity index (χ1n) is 9.04. The maximum Gasteiger partial charge on any atom is 0.103 e. The van der Waals surface area contributed by atoms with E-state index in [1.165, 1.54) is 33.4 Å². The molecule has 5 heteroatoms. The molecule has 1 aliphatic carbocycles. The van der Waals surface area contributed by atoms with E-state index in [9.17, 15) is 0 Å². The van der Waals surface area contributed by atoms with E-state index in [0.717, 1.165) is 38.5 Å². The summed E-state index contributed by atoms with van der Waals surface area (Å²) < 4.78 is 8.55. The predicted molar refractivity (Wildman–Crippen MR) is 108 cm³/mol. The molecule has 0 radical (unpaired) electrons. The van der Waals surface area contributed by atoms with Gasteiger partial charge in [-0.3, -0.25) is 0 Å². The van der Waals surface area contributed by atoms with Crippen molar-refractivity contribution in [1.29, 1.82) is 0 Å². The van der Waals surface area contributed by atoms with Crippen molar-refractivity contribution in [2.24, 2.45) is 11.8 Å². The molecule has 0 N–H and O–H groups in total. The zero-order valence-electron chi connectivity index (χ0n) is 15.0. The highest BCUT2D eigenvalue weighted by atomic mass is 127. The number of fused-ring (bicyclic) bond motifs is 1. The van der Waals surface area contributed by atoms with Crippen molar-refractivity contribution in [3.05, 3.63) is 27.6 Å². The number of aryl methyl sites for hydroxylation is 1. The van der Waals surface area contributed by atoms with Gasteiger partial charge in [0, 0.05) is 26.8 Å². The van der Waals surface area contributed by atoms with E-state index in [-0.39, 0.29) is 0 Å². The number of halogens is 1. The van der Waals surface area contributed by atoms with Crippen molar-refractivity contribution in [3.63, 3.8) is 0 Å². The molecule has 0 amide bonds. The maximum absolute atomic E-state index is 5.27. The number of pyridine rings is 1. The Hall–Kier alpha value is -0.820. The second-order valence-corrected chi connectivity index (χ2v) is 8.13. The summed E-state index contributed by atoms with van der Waals surface area (Å²) >= 11 is 2.37. The molecule has 0 spiro atoms. The van der Waals surface area contributed by atoms with Gasteiger partial charge >= 0.3 is 0 Å². The van der Waals surface area contributed by atoms with Crippen molar-refractivity contribution in [3.8, 4) is 0 Å². The lowest BCUT2D eigenvalue weighted by atomic mass is 10.1. The van der Waals surface area contributed by atoms with E-state index in [4.69, 9.17) is 9.84 Å². The Morgan fingerprint density at radius 1 is 1.42 bits per heavy atom. The highest BCUT2D eigenvalue weighted by molar-refractivity contribution is 14.1. The number of methoxy groups -OCH3 is 1. The third kappa shape index (κ3) is 4.04. The van der Waals surface area contributed by atoms with Gasteiger partial charge in [0.1, 0.15) is 3.70 Å². The molecule has 0 bridgehead atoms. The molecular weight excluding hydrogens is 413 g/mol. The normalized spacial score (nSPS) is 15.8. The molecule has 132 valence electrons. The molecule has 1 aliphatic rings. The maximum atomic E-state index is 5.27. The SMILES string of the molecule is CCc1nn2c(I)cccc2c1N(CC(C)CCOC)CC1CC1. The fourth-order valence-corrected chi connectivity index (χ4v) is 3.89. The molecule has 4 nitrogen and oxygen atoms in total. The van der Waals surface area contributed by atoms with Gasteiger partial charge in [-0.2, -0.15) is 5.10 Å². The molecule has 1 atom stereocenters. The van der Waals surface area contributed by atoms with Crippen LogP contribution in [0.5, 0.6) is 0 Å². The molecule has 0 aliphatic heterocycles. The van der Waals surface area contributed by atoms with E-state index in [1.807, 2.05) is 0 Å². The minimum Gasteiger partial charge on any atom is -0.385 e. The van der Waals surface area contributed by atoms with Crippen LogP contribution >= 0.6 is 22.6 Å². The van der Waals surface area contributed by atoms with Gasteiger partial charge in [0.15, 0.2) is 0 Å². The molecule has 2 heterocycles. The van der Waals surface area contributed by atoms with Crippen molar-refractivity contribution in [2.75, 3.05) is 31.7 Å². The average molecular weight is 441 g/mol. The van der Waals surface area contributed by atoms with E-state index in [0.29, 0.717) is 5.92 Å². The van der Waals surface area contributed by atoms with Crippen LogP contribution in [-0.4, -0.2) is 36.4 Å². The molecular formula is C19H28IN3O. The number of rotatable bonds is 9. The highest BCUT2D eigenvalue weighted by Gasteiger charge is 2.28. The zero-order valence-corrected chi connectivity index (χ0v) is 17.1. The first-order chi connectivity index (χ1) is 11.6. The van der Waals surface area contributed by atoms with E-state index in [1.54, 1.807) is 7.11 Å². The van der Waals surface area contributed by atoms with Gasteiger partial charge in [-0.25, -0.2) is 4.52 Å². The topological polar surface area (TPSA) is 29.8 Å². The summed E-state index contributed by atoms with van der Waals surface area (Å²) in [5, 5.41) is 4.89. The van der Waals surface area contributed by atoms with Crippen LogP contribution in [0.2, 0.25) is 0 Å². The number of ether oxygens (including phenoxy) is 1. The van der Waals surface area contributed by atoms with Crippen LogP contribution < -0.4 is 4.90 Å². The first-order valence-corrected chi connectivity index (χ1v) is 10.1. The van der Waals surface area contributed by atoms with E-state index in [2.05, 4.69) is 64.1 Å². The van der Waals surface area contributed by atoms with Crippen molar-refractivity contribution in [2.45, 2.75) is 39.5 Å². The van der Waals surface area contributed by atoms with Crippen LogP contribution in [-0.2, 0) is 11.2 Å². The van der Waals surface area contributed by atoms with Gasteiger partial charge in [-0.05, 0) is 72.2 Å². The second-order valence-electron chi connectivity index (χ2n) is 7.03. The van der Waals surface area contributed by atoms with E-state index >= 15 is 0 Å². The van der Waals surface area contributed by atoms with Crippen LogP contribution in [0.3, 0.4) is 0 Å². The van der Waals surface area contributed by atoms with Crippen molar-refractivity contribution >= 4 is 33.8 Å². The Balaban J connectivity index is 1.93. The minimum atomic E-state index is 0.617. The van der Waals surface area contributed by atoms with Crippen LogP contribution in [0.25, 0.3) is 5.52 Å². The van der Waals surface area contributed by atoms with Crippen LogP contribution in [0.15, 0.2) is 18.2 Å². The monoisotopic (exact) mass is 441 g/mol. The zero-order chi connectivity index (χ0) is 17.1. The van der Waals surface area contributed by atoms with Gasteiger partial charge in [-0.1, -0.05) is 19.9 Å². The second kappa shape index (κ2) is 8.04. The number of hydrogen-bond donors (Lipinski definition) is 0. The Labute approximate surface area is 158 Å². The average Bonchev–Trinajstić information content (AvgIpc) is 3.30. The smallest absolute Gasteiger partial charge is 0.103 e. The summed E-state index contributed by atoms with van der Waals surface area (Å²) in [5.41, 5.74) is 3.82. The van der Waals surface area contributed by atoms with Gasteiger partial charge in [-0.15, -0.1) is 0 Å². The van der Waals surface area contributed by atoms with Crippen molar-refractivity contribution in [1.82, 2.24) is 9.61 Å². The highest BCUT2D eigenvalue weighted by Crippen LogP contribution is 2.35. The van der Waals surface area contributed by atoms with Gasteiger partial charge in [0.25, 0.3) is 0 Å². The summed E-state index contributed by atoms with van der Waals surface area (Å²) in [6, 6.07) is 6.48. The molecule has 1 saturated carbocycles. The summed E-state index contributed by atoms with van der Waals surface area (Å²) in [6.07, 6.45) is 4.83. The predicted octanol–water partition coefficient (Wildman–Crippen LogP) is 4.39. The molecule has 3 rings (SSSR count). The Kier molecular flexibility index (Phi) is 6.02. The fourth-order valence-electron chi connectivity index (χ4n) is 3.31. The minimum absolute atomic E-state index is 0.617. The van der Waals surface area contributed by atoms with Crippen molar-refractivity contribution < 1.29 is 4.74 Å². The molecule has 1 unspecified atom stereocenters. The van der Waals surface area contributed by atoms with E-state index < -0.39 is 0 Å². The standard InChI is InChI=1S/C19H28IN3O/c1-4-16-19(17-6-5-7-18(20)23(17)21-16)22(13-15-8-9-15)12-14(2)10-11-24-3/h5-7,14-15H,4,8-13H2,1-3H3. The molecule has 2 aromatic heterocycles. The van der Waals surface area contributed by atoms with Crippen LogP contribution in [0.4, 0.5) is 5.69 Å². The number of anilines is 1. The summed E-state index contributed by atoms with van der Waals surface area (Å²) in [4.78, 5) is 2.61. The molecule has 0 saturated heterocycles. The summed E-state index contributed by atoms with van der Waals surface area (Å²) in [5.74, 6) is 1.48. The van der Waals surface area contributed by atoms with Gasteiger partial charge in [0.2, 0.25) is 0 Å². The third-order valence-corrected chi connectivity index (χ3v) is 5.65. The third-order valence-electron chi connectivity index (χ3n) is 4.83. The van der Waals surface area contributed by atoms with Gasteiger partial charge < -0.3 is 9.64 Å². The molecule has 0 aromatic carbocycles. The number of nitrogens with zero attached hydrogens (tertiary/aromatic N) is 3. The fraction of sp³-hybridized carbons (Fsp3) is 0.632. The molecule has 2 aromatic rings. The van der Waals surface area contributed by atoms with Gasteiger partial charge in [0.05, 0.1) is 16.9 Å². The largest absolute Gasteiger partial charge is 0.385 e. The lowest BCUT2D eigenvalue weighted by Gasteiger charge is -2.28. The van der Waals surface area contributed by atoms with Crippen LogP contribution in [0.1, 0.15) is 38.8 Å². The number of aromatic nitrogens is 2. The molecule has 24 heavy (non-hydrogen) atoms. The summed E-state index contributed by atoms with van der Waals surface area (Å²) in [6.45, 7) is 7.63. The van der Waals surface area contributed by atoms with Crippen LogP contribution in [0, 0.1) is 15.5 Å². The lowest BCUT2D eigenvalue weighted by Crippen LogP contribution is -2.31.